The molecule has 141 heavy (non-hydrogen) atoms. The van der Waals surface area contributed by atoms with Crippen molar-refractivity contribution in [2.75, 3.05) is 0 Å². The van der Waals surface area contributed by atoms with Gasteiger partial charge in [0.15, 0.2) is 0 Å². The molecular weight excluding hydrogens is 1720 g/mol. The van der Waals surface area contributed by atoms with E-state index in [1.807, 2.05) is 42.5 Å². The molecule has 0 aliphatic rings. The normalized spacial score (nSPS) is 12.1. The molecule has 8 heterocycles. The molecular formula is C133H75N3O5. The molecule has 0 fully saturated rings. The van der Waals surface area contributed by atoms with Gasteiger partial charge in [-0.15, -0.1) is 0 Å². The Morgan fingerprint density at radius 3 is 0.922 bits per heavy atom. The summed E-state index contributed by atoms with van der Waals surface area (Å²) in [6.07, 6.45) is 0. The molecule has 0 unspecified atom stereocenters. The van der Waals surface area contributed by atoms with Crippen molar-refractivity contribution in [1.29, 1.82) is 0 Å². The zero-order valence-electron chi connectivity index (χ0n) is 75.7. The summed E-state index contributed by atoms with van der Waals surface area (Å²) in [5.41, 5.74) is 24.9. The molecule has 0 atom stereocenters. The van der Waals surface area contributed by atoms with Crippen molar-refractivity contribution in [2.24, 2.45) is 0 Å². The van der Waals surface area contributed by atoms with Crippen LogP contribution in [0.3, 0.4) is 0 Å². The summed E-state index contributed by atoms with van der Waals surface area (Å²) in [6.45, 7) is 0. The van der Waals surface area contributed by atoms with Crippen molar-refractivity contribution in [3.63, 3.8) is 0 Å². The van der Waals surface area contributed by atoms with E-state index in [1.54, 1.807) is 0 Å². The van der Waals surface area contributed by atoms with Gasteiger partial charge >= 0.3 is 0 Å². The van der Waals surface area contributed by atoms with Crippen molar-refractivity contribution >= 4 is 250 Å². The van der Waals surface area contributed by atoms with E-state index in [0.717, 1.165) is 225 Å². The van der Waals surface area contributed by atoms with Crippen LogP contribution in [0.15, 0.2) is 477 Å². The van der Waals surface area contributed by atoms with Crippen molar-refractivity contribution in [1.82, 2.24) is 15.0 Å². The molecule has 32 rings (SSSR count). The fourth-order valence-electron chi connectivity index (χ4n) is 23.1. The quantitative estimate of drug-likeness (QED) is 0.120. The molecule has 0 aliphatic carbocycles. The average molecular weight is 1800 g/mol. The smallest absolute Gasteiger partial charge is 0.144 e. The highest BCUT2D eigenvalue weighted by atomic mass is 16.3. The molecule has 24 aromatic carbocycles. The summed E-state index contributed by atoms with van der Waals surface area (Å²) in [5.74, 6) is 0. The second-order valence-electron chi connectivity index (χ2n) is 37.1. The third-order valence-corrected chi connectivity index (χ3v) is 29.5. The maximum Gasteiger partial charge on any atom is 0.144 e. The Morgan fingerprint density at radius 1 is 0.135 bits per heavy atom. The van der Waals surface area contributed by atoms with Crippen LogP contribution < -0.4 is 0 Å². The number of para-hydroxylation sites is 6. The van der Waals surface area contributed by atoms with Gasteiger partial charge in [0.25, 0.3) is 0 Å². The second-order valence-corrected chi connectivity index (χ2v) is 37.1. The zero-order valence-corrected chi connectivity index (χ0v) is 75.7. The van der Waals surface area contributed by atoms with Gasteiger partial charge < -0.3 is 22.1 Å². The van der Waals surface area contributed by atoms with Crippen LogP contribution in [0.5, 0.6) is 0 Å². The van der Waals surface area contributed by atoms with Crippen LogP contribution in [0, 0.1) is 0 Å². The summed E-state index contributed by atoms with van der Waals surface area (Å²) in [5, 5.41) is 38.1. The SMILES string of the molecule is c1ccc2c(-c3c4ccccc4c(-c4nc5ccccc5c5c4ccc4c6ccccc6oc45)c4ccccc34)cccc2c1.c1ccc2c(c1)ccc1oc3c(-c4ccc(-c5nc6ccccc6c6c5ccc5c7ccccc7oc56)cc4)cc4ccccc4c3c12.c1ccc2cc3c(cc2c1)oc1c(-c2ccc(-c4nc5ccccc5c5c4ccc4c6ccccc6oc45)cc2)cc2ccccc2c13. The highest BCUT2D eigenvalue weighted by molar-refractivity contribution is 6.34. The molecule has 0 bridgehead atoms. The Balaban J connectivity index is 0.0000000992. The summed E-state index contributed by atoms with van der Waals surface area (Å²) in [7, 11) is 0. The third-order valence-electron chi connectivity index (χ3n) is 29.5. The number of benzene rings is 24. The number of furan rings is 5. The molecule has 8 heteroatoms. The van der Waals surface area contributed by atoms with Crippen molar-refractivity contribution < 1.29 is 22.1 Å². The number of fused-ring (bicyclic) bond motifs is 37. The lowest BCUT2D eigenvalue weighted by molar-refractivity contribution is 0.670. The number of aromatic nitrogens is 3. The monoisotopic (exact) mass is 1790 g/mol. The minimum Gasteiger partial charge on any atom is -0.455 e. The molecule has 8 nitrogen and oxygen atoms in total. The fourth-order valence-corrected chi connectivity index (χ4v) is 23.1. The maximum absolute atomic E-state index is 6.72. The lowest BCUT2D eigenvalue weighted by atomic mass is 9.85. The topological polar surface area (TPSA) is 104 Å². The average Bonchev–Trinajstić information content (AvgIpc) is 1.72. The van der Waals surface area contributed by atoms with E-state index < -0.39 is 0 Å². The summed E-state index contributed by atoms with van der Waals surface area (Å²) in [6, 6.07) is 161. The number of rotatable bonds is 6. The van der Waals surface area contributed by atoms with Crippen molar-refractivity contribution in [3.05, 3.63) is 455 Å². The maximum atomic E-state index is 6.72. The molecule has 0 N–H and O–H groups in total. The number of nitrogens with zero attached hydrogens (tertiary/aromatic N) is 3. The van der Waals surface area contributed by atoms with E-state index in [4.69, 9.17) is 37.0 Å². The van der Waals surface area contributed by atoms with Crippen LogP contribution >= 0.6 is 0 Å². The second kappa shape index (κ2) is 30.8. The van der Waals surface area contributed by atoms with Crippen LogP contribution in [-0.2, 0) is 0 Å². The first-order valence-corrected chi connectivity index (χ1v) is 48.0. The van der Waals surface area contributed by atoms with E-state index in [1.165, 1.54) is 91.9 Å². The van der Waals surface area contributed by atoms with Crippen LogP contribution in [0.4, 0.5) is 0 Å². The first-order valence-electron chi connectivity index (χ1n) is 48.0. The highest BCUT2D eigenvalue weighted by Crippen LogP contribution is 2.53. The van der Waals surface area contributed by atoms with E-state index in [-0.39, 0.29) is 0 Å². The van der Waals surface area contributed by atoms with Crippen molar-refractivity contribution in [2.45, 2.75) is 0 Å². The Labute approximate surface area is 803 Å². The molecule has 8 aromatic heterocycles. The summed E-state index contributed by atoms with van der Waals surface area (Å²) >= 11 is 0. The van der Waals surface area contributed by atoms with Gasteiger partial charge in [-0.2, -0.15) is 0 Å². The minimum atomic E-state index is 0.895. The molecule has 0 saturated heterocycles. The highest BCUT2D eigenvalue weighted by Gasteiger charge is 2.28. The lowest BCUT2D eigenvalue weighted by Crippen LogP contribution is -1.95. The van der Waals surface area contributed by atoms with Gasteiger partial charge in [-0.25, -0.2) is 15.0 Å². The van der Waals surface area contributed by atoms with Crippen LogP contribution in [0.2, 0.25) is 0 Å². The first-order chi connectivity index (χ1) is 69.9. The van der Waals surface area contributed by atoms with Crippen molar-refractivity contribution in [3.8, 4) is 67.2 Å². The van der Waals surface area contributed by atoms with Gasteiger partial charge in [0.2, 0.25) is 0 Å². The van der Waals surface area contributed by atoms with E-state index in [2.05, 4.69) is 413 Å². The summed E-state index contributed by atoms with van der Waals surface area (Å²) < 4.78 is 33.1. The Bertz CT molecular complexity index is 10900. The van der Waals surface area contributed by atoms with Crippen LogP contribution in [0.25, 0.3) is 317 Å². The Morgan fingerprint density at radius 2 is 0.447 bits per heavy atom. The minimum absolute atomic E-state index is 0.895. The fraction of sp³-hybridized carbons (Fsp3) is 0. The van der Waals surface area contributed by atoms with Gasteiger partial charge in [0, 0.05) is 130 Å². The number of hydrogen-bond donors (Lipinski definition) is 0. The third kappa shape index (κ3) is 12.0. The predicted octanol–water partition coefficient (Wildman–Crippen LogP) is 37.7. The van der Waals surface area contributed by atoms with Crippen LogP contribution in [-0.4, -0.2) is 15.0 Å². The molecule has 0 spiro atoms. The lowest BCUT2D eigenvalue weighted by Gasteiger charge is -2.19. The molecule has 0 amide bonds. The van der Waals surface area contributed by atoms with Gasteiger partial charge in [-0.3, -0.25) is 0 Å². The van der Waals surface area contributed by atoms with Gasteiger partial charge in [0.1, 0.15) is 55.8 Å². The Kier molecular flexibility index (Phi) is 17.1. The van der Waals surface area contributed by atoms with Gasteiger partial charge in [0.05, 0.1) is 33.6 Å². The number of hydrogen-bond acceptors (Lipinski definition) is 8. The Hall–Kier alpha value is -18.9. The number of pyridine rings is 3. The zero-order chi connectivity index (χ0) is 92.2. The standard InChI is InChI=1S/2C45H25NO2.C43H25NO/c1-3-11-30-26(9-1)21-24-39-41(30)42-31-12-4-2-10-29(31)25-36(45(42)48-39)27-17-19-28(20-18-27)43-35-23-22-33-32-13-6-8-16-38(32)47-44(33)40(35)34-14-5-7-15-37(34)46-43;1-2-10-29-25-40-37(23-28(29)9-1)41-31-12-4-3-11-30(31)24-36(45(41)48-40)26-17-19-27(20-18-26)43-35-22-21-33-32-13-6-8-16-39(32)47-44(33)42(35)34-14-5-7-15-38(34)46-43;1-2-14-27-26(12-1)13-11-21-29(27)39-30-16-3-5-18-32(30)40(33-19-6-4-17-31(33)39)42-36-25-24-34-28-15-8-10-23-38(28)45-43(34)41(36)35-20-7-9-22-37(35)44-42/h2*1-25H;1-25H. The first kappa shape index (κ1) is 78.4. The van der Waals surface area contributed by atoms with Gasteiger partial charge in [-0.05, 0) is 183 Å². The van der Waals surface area contributed by atoms with Gasteiger partial charge in [-0.1, -0.05) is 370 Å². The molecule has 0 aliphatic heterocycles. The largest absolute Gasteiger partial charge is 0.455 e. The predicted molar refractivity (Wildman–Crippen MR) is 589 cm³/mol. The molecule has 32 aromatic rings. The van der Waals surface area contributed by atoms with E-state index >= 15 is 0 Å². The summed E-state index contributed by atoms with van der Waals surface area (Å²) in [4.78, 5) is 15.9. The molecule has 0 saturated carbocycles. The van der Waals surface area contributed by atoms with Crippen LogP contribution in [0.1, 0.15) is 0 Å². The molecule has 0 radical (unpaired) electrons. The van der Waals surface area contributed by atoms with E-state index in [0.29, 0.717) is 0 Å². The van der Waals surface area contributed by atoms with E-state index in [9.17, 15) is 0 Å². The molecule has 652 valence electrons.